The third kappa shape index (κ3) is 2.83. The number of aliphatic hydroxyl groups is 1. The van der Waals surface area contributed by atoms with Crippen LogP contribution in [0.4, 0.5) is 0 Å². The molecule has 1 unspecified atom stereocenters. The van der Waals surface area contributed by atoms with Gasteiger partial charge in [-0.05, 0) is 25.3 Å². The number of aliphatic hydroxyl groups excluding tert-OH is 1. The first kappa shape index (κ1) is 11.6. The molecule has 2 heteroatoms. The molecule has 1 aromatic rings. The van der Waals surface area contributed by atoms with E-state index in [2.05, 4.69) is 36.5 Å². The molecule has 1 saturated carbocycles. The molecule has 0 radical (unpaired) electrons. The van der Waals surface area contributed by atoms with Gasteiger partial charge in [0.05, 0.1) is 6.10 Å². The monoisotopic (exact) mass is 219 g/mol. The fourth-order valence-corrected chi connectivity index (χ4v) is 2.46. The average molecular weight is 219 g/mol. The Balaban J connectivity index is 1.94. The number of benzene rings is 1. The van der Waals surface area contributed by atoms with Crippen LogP contribution in [-0.4, -0.2) is 17.3 Å². The smallest absolute Gasteiger partial charge is 0.0693 e. The van der Waals surface area contributed by atoms with Gasteiger partial charge in [-0.15, -0.1) is 0 Å². The molecule has 1 aromatic carbocycles. The van der Waals surface area contributed by atoms with E-state index in [4.69, 9.17) is 0 Å². The molecule has 16 heavy (non-hydrogen) atoms. The molecule has 2 rings (SSSR count). The van der Waals surface area contributed by atoms with E-state index >= 15 is 0 Å². The first-order valence-corrected chi connectivity index (χ1v) is 6.26. The molecule has 2 N–H and O–H groups in total. The van der Waals surface area contributed by atoms with Crippen molar-refractivity contribution in [3.8, 4) is 0 Å². The van der Waals surface area contributed by atoms with E-state index in [1.54, 1.807) is 0 Å². The first-order chi connectivity index (χ1) is 7.77. The van der Waals surface area contributed by atoms with Crippen LogP contribution in [0.15, 0.2) is 30.3 Å². The molecular formula is C14H21NO. The summed E-state index contributed by atoms with van der Waals surface area (Å²) in [5.74, 6) is 0. The molecular weight excluding hydrogens is 198 g/mol. The van der Waals surface area contributed by atoms with Gasteiger partial charge in [0, 0.05) is 12.1 Å². The van der Waals surface area contributed by atoms with Crippen LogP contribution in [0.5, 0.6) is 0 Å². The Kier molecular flexibility index (Phi) is 3.97. The minimum absolute atomic E-state index is 0.167. The van der Waals surface area contributed by atoms with Crippen molar-refractivity contribution in [1.82, 2.24) is 5.32 Å². The second-order valence-electron chi connectivity index (χ2n) is 4.76. The molecule has 0 aromatic heterocycles. The van der Waals surface area contributed by atoms with Crippen LogP contribution in [0.2, 0.25) is 0 Å². The maximum Gasteiger partial charge on any atom is 0.0693 e. The summed E-state index contributed by atoms with van der Waals surface area (Å²) < 4.78 is 0. The SMILES string of the molecule is CC(N[C@@H]1CCCC[C@H]1O)c1ccccc1. The predicted molar refractivity (Wildman–Crippen MR) is 66.3 cm³/mol. The van der Waals surface area contributed by atoms with Gasteiger partial charge in [0.1, 0.15) is 0 Å². The van der Waals surface area contributed by atoms with E-state index in [0.717, 1.165) is 12.8 Å². The lowest BCUT2D eigenvalue weighted by molar-refractivity contribution is 0.0860. The summed E-state index contributed by atoms with van der Waals surface area (Å²) in [6, 6.07) is 11.0. The zero-order valence-corrected chi connectivity index (χ0v) is 9.89. The summed E-state index contributed by atoms with van der Waals surface area (Å²) >= 11 is 0. The maximum atomic E-state index is 9.90. The Bertz CT molecular complexity index is 312. The molecule has 2 nitrogen and oxygen atoms in total. The lowest BCUT2D eigenvalue weighted by atomic mass is 9.91. The van der Waals surface area contributed by atoms with Gasteiger partial charge >= 0.3 is 0 Å². The molecule has 0 aliphatic heterocycles. The Labute approximate surface area is 97.7 Å². The molecule has 0 bridgehead atoms. The molecule has 0 saturated heterocycles. The van der Waals surface area contributed by atoms with Crippen LogP contribution in [0.25, 0.3) is 0 Å². The van der Waals surface area contributed by atoms with Crippen LogP contribution >= 0.6 is 0 Å². The highest BCUT2D eigenvalue weighted by Gasteiger charge is 2.24. The third-order valence-corrected chi connectivity index (χ3v) is 3.49. The Morgan fingerprint density at radius 1 is 1.19 bits per heavy atom. The van der Waals surface area contributed by atoms with Crippen LogP contribution in [0, 0.1) is 0 Å². The summed E-state index contributed by atoms with van der Waals surface area (Å²) in [5.41, 5.74) is 1.29. The molecule has 1 aliphatic carbocycles. The standard InChI is InChI=1S/C14H21NO/c1-11(12-7-3-2-4-8-12)15-13-9-5-6-10-14(13)16/h2-4,7-8,11,13-16H,5-6,9-10H2,1H3/t11?,13-,14-/m1/s1. The Morgan fingerprint density at radius 3 is 2.56 bits per heavy atom. The van der Waals surface area contributed by atoms with Crippen molar-refractivity contribution >= 4 is 0 Å². The van der Waals surface area contributed by atoms with E-state index in [1.165, 1.54) is 18.4 Å². The van der Waals surface area contributed by atoms with E-state index in [0.29, 0.717) is 6.04 Å². The van der Waals surface area contributed by atoms with Crippen LogP contribution in [0.1, 0.15) is 44.2 Å². The molecule has 1 aliphatic rings. The van der Waals surface area contributed by atoms with Crippen molar-refractivity contribution in [1.29, 1.82) is 0 Å². The van der Waals surface area contributed by atoms with E-state index < -0.39 is 0 Å². The number of hydrogen-bond donors (Lipinski definition) is 2. The van der Waals surface area contributed by atoms with E-state index in [-0.39, 0.29) is 12.1 Å². The fraction of sp³-hybridized carbons (Fsp3) is 0.571. The predicted octanol–water partition coefficient (Wildman–Crippen LogP) is 2.64. The van der Waals surface area contributed by atoms with Crippen molar-refractivity contribution in [2.75, 3.05) is 0 Å². The van der Waals surface area contributed by atoms with Gasteiger partial charge in [-0.2, -0.15) is 0 Å². The van der Waals surface area contributed by atoms with Gasteiger partial charge in [-0.3, -0.25) is 0 Å². The summed E-state index contributed by atoms with van der Waals surface area (Å²) in [7, 11) is 0. The van der Waals surface area contributed by atoms with Crippen LogP contribution < -0.4 is 5.32 Å². The molecule has 1 fully saturated rings. The lowest BCUT2D eigenvalue weighted by Gasteiger charge is -2.31. The number of hydrogen-bond acceptors (Lipinski definition) is 2. The quantitative estimate of drug-likeness (QED) is 0.819. The highest BCUT2D eigenvalue weighted by Crippen LogP contribution is 2.21. The van der Waals surface area contributed by atoms with Crippen molar-refractivity contribution in [3.63, 3.8) is 0 Å². The zero-order chi connectivity index (χ0) is 11.4. The summed E-state index contributed by atoms with van der Waals surface area (Å²) in [6.45, 7) is 2.16. The molecule has 0 spiro atoms. The topological polar surface area (TPSA) is 32.3 Å². The minimum Gasteiger partial charge on any atom is -0.392 e. The molecule has 0 heterocycles. The zero-order valence-electron chi connectivity index (χ0n) is 9.89. The van der Waals surface area contributed by atoms with Gasteiger partial charge in [0.2, 0.25) is 0 Å². The molecule has 88 valence electrons. The van der Waals surface area contributed by atoms with Crippen molar-refractivity contribution in [2.24, 2.45) is 0 Å². The average Bonchev–Trinajstić information content (AvgIpc) is 2.33. The second kappa shape index (κ2) is 5.46. The lowest BCUT2D eigenvalue weighted by Crippen LogP contribution is -2.43. The van der Waals surface area contributed by atoms with Gasteiger partial charge in [0.15, 0.2) is 0 Å². The number of nitrogens with one attached hydrogen (secondary N) is 1. The molecule has 0 amide bonds. The van der Waals surface area contributed by atoms with Crippen molar-refractivity contribution in [2.45, 2.75) is 50.8 Å². The minimum atomic E-state index is -0.167. The van der Waals surface area contributed by atoms with Gasteiger partial charge in [0.25, 0.3) is 0 Å². The Morgan fingerprint density at radius 2 is 1.88 bits per heavy atom. The first-order valence-electron chi connectivity index (χ1n) is 6.26. The largest absolute Gasteiger partial charge is 0.392 e. The highest BCUT2D eigenvalue weighted by molar-refractivity contribution is 5.18. The van der Waals surface area contributed by atoms with Crippen LogP contribution in [0.3, 0.4) is 0 Å². The highest BCUT2D eigenvalue weighted by atomic mass is 16.3. The summed E-state index contributed by atoms with van der Waals surface area (Å²) in [6.07, 6.45) is 4.27. The van der Waals surface area contributed by atoms with E-state index in [9.17, 15) is 5.11 Å². The normalized spacial score (nSPS) is 27.6. The summed E-state index contributed by atoms with van der Waals surface area (Å²) in [5, 5.41) is 13.4. The third-order valence-electron chi connectivity index (χ3n) is 3.49. The van der Waals surface area contributed by atoms with Gasteiger partial charge < -0.3 is 10.4 Å². The number of rotatable bonds is 3. The van der Waals surface area contributed by atoms with Gasteiger partial charge in [-0.25, -0.2) is 0 Å². The van der Waals surface area contributed by atoms with E-state index in [1.807, 2.05) is 6.07 Å². The maximum absolute atomic E-state index is 9.90. The second-order valence-corrected chi connectivity index (χ2v) is 4.76. The summed E-state index contributed by atoms with van der Waals surface area (Å²) in [4.78, 5) is 0. The van der Waals surface area contributed by atoms with Crippen molar-refractivity contribution < 1.29 is 5.11 Å². The molecule has 3 atom stereocenters. The van der Waals surface area contributed by atoms with Crippen molar-refractivity contribution in [3.05, 3.63) is 35.9 Å². The van der Waals surface area contributed by atoms with Gasteiger partial charge in [-0.1, -0.05) is 43.2 Å². The Hall–Kier alpha value is -0.860. The fourth-order valence-electron chi connectivity index (χ4n) is 2.46. The van der Waals surface area contributed by atoms with Crippen LogP contribution in [-0.2, 0) is 0 Å².